The van der Waals surface area contributed by atoms with Crippen LogP contribution in [0.25, 0.3) is 0 Å². The van der Waals surface area contributed by atoms with E-state index in [1.54, 1.807) is 20.8 Å². The zero-order valence-electron chi connectivity index (χ0n) is 37.8. The van der Waals surface area contributed by atoms with Crippen molar-refractivity contribution in [3.63, 3.8) is 0 Å². The molecule has 0 aliphatic rings. The van der Waals surface area contributed by atoms with Gasteiger partial charge in [0.2, 0.25) is 41.4 Å². The highest BCUT2D eigenvalue weighted by Gasteiger charge is 2.36. The minimum Gasteiger partial charge on any atom is -0.481 e. The largest absolute Gasteiger partial charge is 0.481 e. The van der Waals surface area contributed by atoms with Crippen molar-refractivity contribution in [2.24, 2.45) is 29.0 Å². The smallest absolute Gasteiger partial charge is 0.326 e. The Morgan fingerprint density at radius 3 is 1.29 bits per heavy atom. The van der Waals surface area contributed by atoms with E-state index in [0.29, 0.717) is 19.3 Å². The zero-order valence-corrected chi connectivity index (χ0v) is 37.8. The van der Waals surface area contributed by atoms with E-state index in [0.717, 1.165) is 0 Å². The second kappa shape index (κ2) is 31.8. The minimum absolute atomic E-state index is 0.0103. The van der Waals surface area contributed by atoms with Crippen molar-refractivity contribution in [1.29, 1.82) is 0 Å². The molecule has 0 bridgehead atoms. The number of carbonyl (C=O) groups is 11. The van der Waals surface area contributed by atoms with Gasteiger partial charge in [0.05, 0.1) is 19.4 Å². The molecule has 7 amide bonds. The normalized spacial score (nSPS) is 15.2. The summed E-state index contributed by atoms with van der Waals surface area (Å²) in [6.45, 7) is 6.25. The summed E-state index contributed by atoms with van der Waals surface area (Å²) < 4.78 is 0. The van der Waals surface area contributed by atoms with Crippen LogP contribution in [0.3, 0.4) is 0 Å². The molecule has 0 aromatic carbocycles. The van der Waals surface area contributed by atoms with Crippen molar-refractivity contribution >= 4 is 65.2 Å². The molecule has 0 aromatic rings. The third-order valence-electron chi connectivity index (χ3n) is 10.1. The maximum absolute atomic E-state index is 13.9. The molecule has 0 rings (SSSR count). The lowest BCUT2D eigenvalue weighted by atomic mass is 9.97. The lowest BCUT2D eigenvalue weighted by molar-refractivity contribution is -0.147. The molecule has 0 aromatic heterocycles. The molecule has 376 valence electrons. The van der Waals surface area contributed by atoms with E-state index in [1.807, 2.05) is 5.32 Å². The Hall–Kier alpha value is -5.99. The molecule has 0 fully saturated rings. The molecule has 9 atom stereocenters. The van der Waals surface area contributed by atoms with Crippen LogP contribution in [0.1, 0.15) is 105 Å². The molecule has 0 saturated heterocycles. The molecule has 0 saturated carbocycles. The number of nitrogens with two attached hydrogens (primary N) is 3. The summed E-state index contributed by atoms with van der Waals surface area (Å²) in [5.74, 6) is -14.3. The van der Waals surface area contributed by atoms with E-state index in [9.17, 15) is 73.2 Å². The van der Waals surface area contributed by atoms with Crippen LogP contribution < -0.4 is 54.4 Å². The Bertz CT molecular complexity index is 1670. The van der Waals surface area contributed by atoms with Crippen LogP contribution in [0.4, 0.5) is 0 Å². The first-order valence-electron chi connectivity index (χ1n) is 21.7. The van der Waals surface area contributed by atoms with Gasteiger partial charge in [-0.15, -0.1) is 0 Å². The van der Waals surface area contributed by atoms with E-state index in [1.165, 1.54) is 6.92 Å². The van der Waals surface area contributed by atoms with E-state index in [4.69, 9.17) is 22.3 Å². The summed E-state index contributed by atoms with van der Waals surface area (Å²) in [6.07, 6.45) is -1.80. The number of carboxylic acids is 4. The number of aliphatic hydroxyl groups excluding tert-OH is 1. The number of rotatable bonds is 35. The highest BCUT2D eigenvalue weighted by Crippen LogP contribution is 2.13. The van der Waals surface area contributed by atoms with Gasteiger partial charge in [-0.05, 0) is 76.3 Å². The fraction of sp³-hybridized carbons (Fsp3) is 0.725. The lowest BCUT2D eigenvalue weighted by Gasteiger charge is -2.29. The average molecular weight is 947 g/mol. The van der Waals surface area contributed by atoms with Gasteiger partial charge in [-0.2, -0.15) is 0 Å². The first kappa shape index (κ1) is 60.0. The Balaban J connectivity index is 6.69. The number of carboxylic acid groups (broad SMARTS) is 4. The van der Waals surface area contributed by atoms with E-state index in [2.05, 4.69) is 31.9 Å². The average Bonchev–Trinajstić information content (AvgIpc) is 3.23. The number of amides is 7. The molecule has 26 nitrogen and oxygen atoms in total. The molecule has 0 unspecified atom stereocenters. The molecular weight excluding hydrogens is 876 g/mol. The summed E-state index contributed by atoms with van der Waals surface area (Å²) in [7, 11) is 0. The number of unbranched alkanes of at least 4 members (excludes halogenated alkanes) is 2. The Kier molecular flexibility index (Phi) is 28.9. The van der Waals surface area contributed by atoms with Gasteiger partial charge < -0.3 is 80.0 Å². The van der Waals surface area contributed by atoms with Gasteiger partial charge in [0.1, 0.15) is 48.3 Å². The number of aliphatic carboxylic acids is 4. The van der Waals surface area contributed by atoms with Crippen LogP contribution in [-0.4, -0.2) is 159 Å². The quantitative estimate of drug-likeness (QED) is 0.0269. The van der Waals surface area contributed by atoms with Crippen molar-refractivity contribution in [2.75, 3.05) is 19.7 Å². The van der Waals surface area contributed by atoms with Crippen LogP contribution in [0.2, 0.25) is 0 Å². The van der Waals surface area contributed by atoms with Crippen molar-refractivity contribution < 1.29 is 78.3 Å². The second-order valence-electron chi connectivity index (χ2n) is 16.2. The highest BCUT2D eigenvalue weighted by molar-refractivity contribution is 5.98. The third kappa shape index (κ3) is 23.8. The molecular formula is C40H70N10O16. The number of aliphatic hydroxyl groups is 1. The van der Waals surface area contributed by atoms with Crippen LogP contribution in [0, 0.1) is 11.8 Å². The SMILES string of the molecule is CC[C@H](C)[C@H](NC(=O)[C@H](CC(=O)O)NC(=O)[C@H](CCCCN)NC(=O)[C@H](CCC(=O)O)NC(=O)[C@H](CC(C)C)NC(=O)[C@H](CCCCN)NC(=O)[C@@H](N)CO)C(=O)N[C@@H](CC(=O)O)C(=O)O. The standard InChI is InChI=1S/C40H70N10O16/c1-5-21(4)32(39(64)49-28(40(65)66)18-31(56)57)50-38(63)27(17-30(54)55)48-35(60)24(11-7-9-15-42)45-36(61)25(12-13-29(52)53)46-37(62)26(16-20(2)3)47-34(59)23(10-6-8-14-41)44-33(58)22(43)19-51/h20-28,32,51H,5-19,41-43H2,1-4H3,(H,44,58)(H,45,61)(H,46,62)(H,47,59)(H,48,60)(H,49,64)(H,50,63)(H,52,53)(H,54,55)(H,56,57)(H,65,66)/t21-,22-,23-,24-,25-,26-,27-,28-,32-/m0/s1. The summed E-state index contributed by atoms with van der Waals surface area (Å²) in [4.78, 5) is 141. The minimum atomic E-state index is -1.91. The summed E-state index contributed by atoms with van der Waals surface area (Å²) in [5, 5.41) is 63.4. The van der Waals surface area contributed by atoms with E-state index < -0.39 is 152 Å². The molecule has 0 aliphatic carbocycles. The first-order valence-corrected chi connectivity index (χ1v) is 21.7. The number of hydrogen-bond acceptors (Lipinski definition) is 15. The van der Waals surface area contributed by atoms with Crippen molar-refractivity contribution in [1.82, 2.24) is 37.2 Å². The molecule has 0 aliphatic heterocycles. The summed E-state index contributed by atoms with van der Waals surface area (Å²) in [6, 6.07) is -12.5. The Morgan fingerprint density at radius 2 is 0.879 bits per heavy atom. The van der Waals surface area contributed by atoms with Gasteiger partial charge in [-0.1, -0.05) is 34.1 Å². The number of nitrogens with one attached hydrogen (secondary N) is 7. The molecule has 26 heteroatoms. The van der Waals surface area contributed by atoms with Crippen LogP contribution in [-0.2, 0) is 52.7 Å². The zero-order chi connectivity index (χ0) is 50.7. The van der Waals surface area contributed by atoms with Gasteiger partial charge >= 0.3 is 23.9 Å². The lowest BCUT2D eigenvalue weighted by Crippen LogP contribution is -2.61. The molecule has 18 N–H and O–H groups in total. The highest BCUT2D eigenvalue weighted by atomic mass is 16.4. The van der Waals surface area contributed by atoms with Crippen molar-refractivity contribution in [2.45, 2.75) is 153 Å². The fourth-order valence-corrected chi connectivity index (χ4v) is 6.19. The van der Waals surface area contributed by atoms with Gasteiger partial charge in [0.25, 0.3) is 0 Å². The number of carbonyl (C=O) groups excluding carboxylic acids is 7. The maximum Gasteiger partial charge on any atom is 0.326 e. The van der Waals surface area contributed by atoms with Gasteiger partial charge in [-0.25, -0.2) is 4.79 Å². The molecule has 0 radical (unpaired) electrons. The topological polar surface area (TPSA) is 451 Å². The second-order valence-corrected chi connectivity index (χ2v) is 16.2. The summed E-state index contributed by atoms with van der Waals surface area (Å²) >= 11 is 0. The van der Waals surface area contributed by atoms with Gasteiger partial charge in [0.15, 0.2) is 0 Å². The van der Waals surface area contributed by atoms with Gasteiger partial charge in [0, 0.05) is 6.42 Å². The third-order valence-corrected chi connectivity index (χ3v) is 10.1. The van der Waals surface area contributed by atoms with Crippen molar-refractivity contribution in [3.8, 4) is 0 Å². The Labute approximate surface area is 382 Å². The maximum atomic E-state index is 13.9. The fourth-order valence-electron chi connectivity index (χ4n) is 6.19. The predicted octanol–water partition coefficient (Wildman–Crippen LogP) is -4.05. The van der Waals surface area contributed by atoms with Crippen LogP contribution in [0.5, 0.6) is 0 Å². The predicted molar refractivity (Wildman–Crippen MR) is 232 cm³/mol. The molecule has 0 heterocycles. The van der Waals surface area contributed by atoms with Crippen LogP contribution in [0.15, 0.2) is 0 Å². The number of hydrogen-bond donors (Lipinski definition) is 15. The molecule has 0 spiro atoms. The first-order chi connectivity index (χ1) is 30.9. The van der Waals surface area contributed by atoms with E-state index in [-0.39, 0.29) is 51.1 Å². The van der Waals surface area contributed by atoms with Gasteiger partial charge in [-0.3, -0.25) is 47.9 Å². The molecule has 66 heavy (non-hydrogen) atoms. The summed E-state index contributed by atoms with van der Waals surface area (Å²) in [5.41, 5.74) is 16.8. The Morgan fingerprint density at radius 1 is 0.485 bits per heavy atom. The van der Waals surface area contributed by atoms with E-state index >= 15 is 0 Å². The monoisotopic (exact) mass is 946 g/mol. The van der Waals surface area contributed by atoms with Crippen LogP contribution >= 0.6 is 0 Å². The van der Waals surface area contributed by atoms with Crippen molar-refractivity contribution in [3.05, 3.63) is 0 Å².